The van der Waals surface area contributed by atoms with Crippen LogP contribution in [0.1, 0.15) is 41.3 Å². The summed E-state index contributed by atoms with van der Waals surface area (Å²) in [6.45, 7) is 7.09. The number of carbonyl (C=O) groups is 1. The van der Waals surface area contributed by atoms with Crippen molar-refractivity contribution in [3.05, 3.63) is 95.3 Å². The highest BCUT2D eigenvalue weighted by Crippen LogP contribution is 2.35. The van der Waals surface area contributed by atoms with Crippen molar-refractivity contribution in [2.45, 2.75) is 32.4 Å². The molecule has 0 aromatic heterocycles. The van der Waals surface area contributed by atoms with Crippen LogP contribution in [0.5, 0.6) is 11.5 Å². The van der Waals surface area contributed by atoms with Gasteiger partial charge < -0.3 is 14.7 Å². The molecule has 1 amide bonds. The minimum absolute atomic E-state index is 0.0133. The zero-order valence-corrected chi connectivity index (χ0v) is 20.5. The van der Waals surface area contributed by atoms with Gasteiger partial charge in [0.1, 0.15) is 5.82 Å². The first-order valence-corrected chi connectivity index (χ1v) is 12.1. The molecular formula is C29H33FN2O3. The Labute approximate surface area is 206 Å². The largest absolute Gasteiger partial charge is 0.504 e. The van der Waals surface area contributed by atoms with Crippen molar-refractivity contribution in [2.24, 2.45) is 5.92 Å². The zero-order valence-electron chi connectivity index (χ0n) is 20.5. The van der Waals surface area contributed by atoms with Crippen LogP contribution >= 0.6 is 0 Å². The van der Waals surface area contributed by atoms with Gasteiger partial charge >= 0.3 is 0 Å². The third-order valence-corrected chi connectivity index (χ3v) is 6.80. The predicted molar refractivity (Wildman–Crippen MR) is 135 cm³/mol. The number of rotatable bonds is 8. The fourth-order valence-corrected chi connectivity index (χ4v) is 4.97. The number of phenolic OH excluding ortho intramolecular Hbond substituents is 1. The number of hydrogen-bond donors (Lipinski definition) is 1. The Kier molecular flexibility index (Phi) is 7.71. The highest BCUT2D eigenvalue weighted by atomic mass is 19.1. The van der Waals surface area contributed by atoms with Crippen LogP contribution in [0.3, 0.4) is 0 Å². The van der Waals surface area contributed by atoms with E-state index in [9.17, 15) is 14.3 Å². The van der Waals surface area contributed by atoms with Crippen molar-refractivity contribution in [1.82, 2.24) is 9.80 Å². The summed E-state index contributed by atoms with van der Waals surface area (Å²) >= 11 is 0. The molecule has 2 atom stereocenters. The standard InChI is InChI=1S/C29H33FN2O3/c1-20(2)32(29(34)23-10-12-25(30)13-11-23)18-24-17-31(19-26(24)22-7-5-4-6-8-22)16-21-9-14-27(33)28(15-21)35-3/h4-15,20,24,26,33H,16-19H2,1-3H3. The third-order valence-electron chi connectivity index (χ3n) is 6.80. The van der Waals surface area contributed by atoms with Gasteiger partial charge in [0.15, 0.2) is 11.5 Å². The molecule has 0 bridgehead atoms. The van der Waals surface area contributed by atoms with E-state index in [2.05, 4.69) is 29.2 Å². The van der Waals surface area contributed by atoms with Gasteiger partial charge in [0.25, 0.3) is 5.91 Å². The molecule has 0 radical (unpaired) electrons. The molecular weight excluding hydrogens is 443 g/mol. The summed E-state index contributed by atoms with van der Waals surface area (Å²) in [6, 6.07) is 21.7. The van der Waals surface area contributed by atoms with Gasteiger partial charge in [0.2, 0.25) is 0 Å². The van der Waals surface area contributed by atoms with Crippen LogP contribution < -0.4 is 4.74 Å². The predicted octanol–water partition coefficient (Wildman–Crippen LogP) is 5.31. The molecule has 3 aromatic rings. The number of phenols is 1. The minimum atomic E-state index is -0.348. The first kappa shape index (κ1) is 24.7. The normalized spacial score (nSPS) is 18.1. The average molecular weight is 477 g/mol. The van der Waals surface area contributed by atoms with Crippen molar-refractivity contribution >= 4 is 5.91 Å². The molecule has 1 aliphatic heterocycles. The lowest BCUT2D eigenvalue weighted by Crippen LogP contribution is -2.42. The van der Waals surface area contributed by atoms with Crippen molar-refractivity contribution in [3.8, 4) is 11.5 Å². The number of aromatic hydroxyl groups is 1. The van der Waals surface area contributed by atoms with E-state index in [1.165, 1.54) is 17.7 Å². The highest BCUT2D eigenvalue weighted by molar-refractivity contribution is 5.94. The maximum atomic E-state index is 13.4. The molecule has 6 heteroatoms. The summed E-state index contributed by atoms with van der Waals surface area (Å²) in [4.78, 5) is 17.7. The average Bonchev–Trinajstić information content (AvgIpc) is 3.26. The van der Waals surface area contributed by atoms with E-state index in [1.807, 2.05) is 36.9 Å². The summed E-state index contributed by atoms with van der Waals surface area (Å²) in [5, 5.41) is 9.94. The van der Waals surface area contributed by atoms with Crippen LogP contribution in [0.2, 0.25) is 0 Å². The number of amides is 1. The van der Waals surface area contributed by atoms with Gasteiger partial charge in [-0.1, -0.05) is 36.4 Å². The number of hydrogen-bond acceptors (Lipinski definition) is 4. The smallest absolute Gasteiger partial charge is 0.254 e. The second-order valence-corrected chi connectivity index (χ2v) is 9.54. The molecule has 0 aliphatic carbocycles. The molecule has 1 heterocycles. The molecule has 4 rings (SSSR count). The van der Waals surface area contributed by atoms with Crippen LogP contribution in [-0.2, 0) is 6.54 Å². The van der Waals surface area contributed by atoms with Gasteiger partial charge in [0, 0.05) is 43.7 Å². The van der Waals surface area contributed by atoms with Crippen molar-refractivity contribution in [1.29, 1.82) is 0 Å². The molecule has 2 unspecified atom stereocenters. The number of carbonyl (C=O) groups excluding carboxylic acids is 1. The monoisotopic (exact) mass is 476 g/mol. The van der Waals surface area contributed by atoms with Gasteiger partial charge in [0.05, 0.1) is 7.11 Å². The Hall–Kier alpha value is -3.38. The van der Waals surface area contributed by atoms with Crippen molar-refractivity contribution < 1.29 is 19.0 Å². The summed E-state index contributed by atoms with van der Waals surface area (Å²) < 4.78 is 18.7. The Balaban J connectivity index is 1.56. The Bertz CT molecular complexity index is 1130. The van der Waals surface area contributed by atoms with E-state index in [-0.39, 0.29) is 35.4 Å². The fraction of sp³-hybridized carbons (Fsp3) is 0.345. The quantitative estimate of drug-likeness (QED) is 0.479. The SMILES string of the molecule is COc1cc(CN2CC(CN(C(=O)c3ccc(F)cc3)C(C)C)C(c3ccccc3)C2)ccc1O. The lowest BCUT2D eigenvalue weighted by atomic mass is 9.88. The Morgan fingerprint density at radius 3 is 2.46 bits per heavy atom. The van der Waals surface area contributed by atoms with E-state index in [4.69, 9.17) is 4.74 Å². The molecule has 0 spiro atoms. The van der Waals surface area contributed by atoms with E-state index < -0.39 is 0 Å². The van der Waals surface area contributed by atoms with Gasteiger partial charge in [-0.25, -0.2) is 4.39 Å². The molecule has 1 aliphatic rings. The van der Waals surface area contributed by atoms with Gasteiger partial charge in [-0.15, -0.1) is 0 Å². The van der Waals surface area contributed by atoms with E-state index >= 15 is 0 Å². The van der Waals surface area contributed by atoms with Crippen LogP contribution in [0.15, 0.2) is 72.8 Å². The molecule has 5 nitrogen and oxygen atoms in total. The van der Waals surface area contributed by atoms with E-state index in [1.54, 1.807) is 25.3 Å². The number of methoxy groups -OCH3 is 1. The molecule has 1 fully saturated rings. The fourth-order valence-electron chi connectivity index (χ4n) is 4.97. The lowest BCUT2D eigenvalue weighted by Gasteiger charge is -2.32. The number of halogens is 1. The lowest BCUT2D eigenvalue weighted by molar-refractivity contribution is 0.0668. The molecule has 0 saturated carbocycles. The minimum Gasteiger partial charge on any atom is -0.504 e. The summed E-state index contributed by atoms with van der Waals surface area (Å²) in [5.41, 5.74) is 2.83. The summed E-state index contributed by atoms with van der Waals surface area (Å²) in [5.74, 6) is 0.687. The van der Waals surface area contributed by atoms with Crippen LogP contribution in [0.4, 0.5) is 4.39 Å². The maximum absolute atomic E-state index is 13.4. The summed E-state index contributed by atoms with van der Waals surface area (Å²) in [6.07, 6.45) is 0. The third kappa shape index (κ3) is 5.82. The zero-order chi connectivity index (χ0) is 24.9. The number of ether oxygens (including phenoxy) is 1. The van der Waals surface area contributed by atoms with Crippen molar-refractivity contribution in [3.63, 3.8) is 0 Å². The molecule has 1 N–H and O–H groups in total. The number of nitrogens with zero attached hydrogens (tertiary/aromatic N) is 2. The second kappa shape index (κ2) is 10.9. The summed E-state index contributed by atoms with van der Waals surface area (Å²) in [7, 11) is 1.55. The van der Waals surface area contributed by atoms with Crippen LogP contribution in [0.25, 0.3) is 0 Å². The van der Waals surface area contributed by atoms with E-state index in [0.29, 0.717) is 17.9 Å². The van der Waals surface area contributed by atoms with Crippen LogP contribution in [0, 0.1) is 11.7 Å². The number of likely N-dealkylation sites (tertiary alicyclic amines) is 1. The molecule has 1 saturated heterocycles. The maximum Gasteiger partial charge on any atom is 0.254 e. The van der Waals surface area contributed by atoms with Gasteiger partial charge in [-0.3, -0.25) is 9.69 Å². The Morgan fingerprint density at radius 2 is 1.80 bits per heavy atom. The molecule has 3 aromatic carbocycles. The first-order chi connectivity index (χ1) is 16.9. The first-order valence-electron chi connectivity index (χ1n) is 12.1. The second-order valence-electron chi connectivity index (χ2n) is 9.54. The highest BCUT2D eigenvalue weighted by Gasteiger charge is 2.36. The Morgan fingerprint density at radius 1 is 1.09 bits per heavy atom. The van der Waals surface area contributed by atoms with Crippen LogP contribution in [-0.4, -0.2) is 53.6 Å². The van der Waals surface area contributed by atoms with Gasteiger partial charge in [-0.05, 0) is 67.3 Å². The molecule has 35 heavy (non-hydrogen) atoms. The number of benzene rings is 3. The molecule has 184 valence electrons. The van der Waals surface area contributed by atoms with Crippen molar-refractivity contribution in [2.75, 3.05) is 26.7 Å². The van der Waals surface area contributed by atoms with E-state index in [0.717, 1.165) is 25.2 Å². The topological polar surface area (TPSA) is 53.0 Å². The van der Waals surface area contributed by atoms with Gasteiger partial charge in [-0.2, -0.15) is 0 Å².